The molecule has 0 saturated carbocycles. The molecule has 0 spiro atoms. The molecule has 4 heterocycles. The molecule has 0 aromatic heterocycles. The van der Waals surface area contributed by atoms with E-state index in [1.165, 1.54) is 6.92 Å². The van der Waals surface area contributed by atoms with Gasteiger partial charge in [0.2, 0.25) is 0 Å². The highest BCUT2D eigenvalue weighted by Crippen LogP contribution is 2.49. The van der Waals surface area contributed by atoms with Crippen LogP contribution in [0.3, 0.4) is 0 Å². The lowest BCUT2D eigenvalue weighted by Crippen LogP contribution is -2.61. The van der Waals surface area contributed by atoms with Crippen LogP contribution in [0.1, 0.15) is 102 Å². The van der Waals surface area contributed by atoms with Crippen LogP contribution in [0.25, 0.3) is 0 Å². The third-order valence-electron chi connectivity index (χ3n) is 13.3. The van der Waals surface area contributed by atoms with Gasteiger partial charge in [-0.2, -0.15) is 0 Å². The predicted octanol–water partition coefficient (Wildman–Crippen LogP) is 6.63. The average molecular weight is 858 g/mol. The number of cyclic esters (lactones) is 1. The summed E-state index contributed by atoms with van der Waals surface area (Å²) >= 11 is 0. The van der Waals surface area contributed by atoms with E-state index in [-0.39, 0.29) is 30.6 Å². The molecule has 17 atom stereocenters. The van der Waals surface area contributed by atoms with E-state index in [2.05, 4.69) is 38.4 Å². The van der Waals surface area contributed by atoms with Crippen LogP contribution in [-0.4, -0.2) is 145 Å². The van der Waals surface area contributed by atoms with Gasteiger partial charge in [0.05, 0.1) is 42.0 Å². The van der Waals surface area contributed by atoms with E-state index in [9.17, 15) is 9.59 Å². The first-order valence-corrected chi connectivity index (χ1v) is 25.1. The summed E-state index contributed by atoms with van der Waals surface area (Å²) in [6.07, 6.45) is -4.22. The van der Waals surface area contributed by atoms with Crippen LogP contribution in [0.5, 0.6) is 0 Å². The molecule has 0 radical (unpaired) electrons. The molecule has 342 valence electrons. The second-order valence-electron chi connectivity index (χ2n) is 19.5. The topological polar surface area (TPSA) is 139 Å². The van der Waals surface area contributed by atoms with E-state index in [4.69, 9.17) is 51.8 Å². The van der Waals surface area contributed by atoms with Crippen molar-refractivity contribution in [2.24, 2.45) is 17.8 Å². The molecule has 0 N–H and O–H groups in total. The Balaban J connectivity index is 1.92. The van der Waals surface area contributed by atoms with Crippen molar-refractivity contribution in [2.45, 2.75) is 206 Å². The SMILES string of the molecule is CC[C@H]1OC(=O)[C@H](C)[C@@H](OC2C[C@@](C)(OC)[C@@H](OC(C)=O)[C@H](C)O2)[C@H](C)[C@@H](O[C@@H]2O[C@H](C)C[C@H](N(C)C)[C@H]2OC)[C@](C)(OC)C/C(C)=C2/OC1(C)[C@H](O[Si](C)(C)C)[C@H]2C. The first kappa shape index (κ1) is 50.0. The van der Waals surface area contributed by atoms with Gasteiger partial charge in [0.15, 0.2) is 32.6 Å². The molecule has 3 fully saturated rings. The van der Waals surface area contributed by atoms with Gasteiger partial charge in [-0.25, -0.2) is 0 Å². The highest BCUT2D eigenvalue weighted by atomic mass is 28.4. The third-order valence-corrected chi connectivity index (χ3v) is 14.3. The van der Waals surface area contributed by atoms with Gasteiger partial charge >= 0.3 is 11.9 Å². The Hall–Kier alpha value is -1.66. The lowest BCUT2D eigenvalue weighted by molar-refractivity contribution is -0.320. The van der Waals surface area contributed by atoms with Crippen molar-refractivity contribution in [2.75, 3.05) is 35.4 Å². The van der Waals surface area contributed by atoms with Crippen molar-refractivity contribution in [3.8, 4) is 0 Å². The Bertz CT molecular complexity index is 1470. The average Bonchev–Trinajstić information content (AvgIpc) is 3.40. The fourth-order valence-corrected chi connectivity index (χ4v) is 11.3. The zero-order chi connectivity index (χ0) is 44.6. The molecule has 4 rings (SSSR count). The maximum absolute atomic E-state index is 14.8. The van der Waals surface area contributed by atoms with Crippen molar-refractivity contribution in [1.29, 1.82) is 0 Å². The number of ether oxygens (including phenoxy) is 10. The zero-order valence-corrected chi connectivity index (χ0v) is 40.7. The zero-order valence-electron chi connectivity index (χ0n) is 39.7. The van der Waals surface area contributed by atoms with E-state index in [1.54, 1.807) is 21.3 Å². The lowest BCUT2D eigenvalue weighted by Gasteiger charge is -2.50. The van der Waals surface area contributed by atoms with Gasteiger partial charge in [-0.3, -0.25) is 9.59 Å². The van der Waals surface area contributed by atoms with E-state index in [1.807, 2.05) is 69.5 Å². The van der Waals surface area contributed by atoms with Crippen LogP contribution >= 0.6 is 0 Å². The van der Waals surface area contributed by atoms with Crippen molar-refractivity contribution in [3.63, 3.8) is 0 Å². The van der Waals surface area contributed by atoms with Gasteiger partial charge in [0.1, 0.15) is 23.6 Å². The van der Waals surface area contributed by atoms with Gasteiger partial charge < -0.3 is 56.7 Å². The maximum atomic E-state index is 14.8. The number of methoxy groups -OCH3 is 3. The minimum Gasteiger partial charge on any atom is -0.485 e. The largest absolute Gasteiger partial charge is 0.485 e. The molecular weight excluding hydrogens is 779 g/mol. The first-order valence-electron chi connectivity index (χ1n) is 21.6. The van der Waals surface area contributed by atoms with Crippen molar-refractivity contribution >= 4 is 20.3 Å². The van der Waals surface area contributed by atoms with Crippen LogP contribution in [0.4, 0.5) is 0 Å². The van der Waals surface area contributed by atoms with Gasteiger partial charge in [-0.15, -0.1) is 0 Å². The normalized spacial score (nSPS) is 45.2. The molecule has 0 aromatic rings. The Morgan fingerprint density at radius 3 is 2.03 bits per heavy atom. The number of likely N-dealkylation sites (N-methyl/N-ethyl adjacent to an activating group) is 1. The number of hydrogen-bond acceptors (Lipinski definition) is 14. The van der Waals surface area contributed by atoms with Crippen LogP contribution in [0, 0.1) is 17.8 Å². The minimum absolute atomic E-state index is 0.00567. The number of fused-ring (bicyclic) bond motifs is 2. The molecule has 0 amide bonds. The Labute approximate surface area is 356 Å². The molecular formula is C44H79NO13Si. The number of hydrogen-bond donors (Lipinski definition) is 0. The van der Waals surface area contributed by atoms with Gasteiger partial charge in [0.25, 0.3) is 0 Å². The first-order chi connectivity index (χ1) is 27.3. The summed E-state index contributed by atoms with van der Waals surface area (Å²) in [5.41, 5.74) is -1.98. The third kappa shape index (κ3) is 10.8. The van der Waals surface area contributed by atoms with E-state index in [0.29, 0.717) is 12.8 Å². The molecule has 14 nitrogen and oxygen atoms in total. The quantitative estimate of drug-likeness (QED) is 0.153. The number of nitrogens with zero attached hydrogens (tertiary/aromatic N) is 1. The van der Waals surface area contributed by atoms with Gasteiger partial charge in [0, 0.05) is 59.0 Å². The highest BCUT2D eigenvalue weighted by molar-refractivity contribution is 6.69. The summed E-state index contributed by atoms with van der Waals surface area (Å²) in [7, 11) is 6.88. The molecule has 4 aliphatic heterocycles. The van der Waals surface area contributed by atoms with Gasteiger partial charge in [-0.1, -0.05) is 20.8 Å². The van der Waals surface area contributed by atoms with Crippen LogP contribution < -0.4 is 0 Å². The standard InChI is InChI=1S/C44H79NO13Si/c1-20-32-44(11)38(58-59(17,18)19)26(4)34(57-44)24(2)22-42(9,49-15)37(56-41-36(48-14)31(45(12)13)21-25(3)51-41)27(5)35(28(6)40(47)54-32)55-33-23-43(10,50-16)39(29(7)52-33)53-30(8)46/h25-29,31-33,35-39,41H,20-23H2,1-19H3/b34-24+/t25-,26+,27+,28-,29+,31+,32-,33?,35+,36-,37-,38-,39+,41+,42-,43-,44?/m1/s1. The lowest BCUT2D eigenvalue weighted by atomic mass is 9.77. The highest BCUT2D eigenvalue weighted by Gasteiger charge is 2.59. The second-order valence-corrected chi connectivity index (χ2v) is 24.0. The molecule has 15 heteroatoms. The van der Waals surface area contributed by atoms with Crippen LogP contribution in [0.15, 0.2) is 11.3 Å². The fourth-order valence-electron chi connectivity index (χ4n) is 10.1. The van der Waals surface area contributed by atoms with Crippen molar-refractivity contribution < 1.29 is 61.4 Å². The fraction of sp³-hybridized carbons (Fsp3) is 0.909. The Kier molecular flexibility index (Phi) is 16.4. The summed E-state index contributed by atoms with van der Waals surface area (Å²) < 4.78 is 72.4. The van der Waals surface area contributed by atoms with Gasteiger partial charge in [-0.05, 0) is 101 Å². The van der Waals surface area contributed by atoms with Crippen molar-refractivity contribution in [1.82, 2.24) is 4.90 Å². The molecule has 2 bridgehead atoms. The van der Waals surface area contributed by atoms with E-state index >= 15 is 0 Å². The summed E-state index contributed by atoms with van der Waals surface area (Å²) in [6, 6.07) is 0.00567. The summed E-state index contributed by atoms with van der Waals surface area (Å²) in [6.45, 7) is 27.7. The van der Waals surface area contributed by atoms with E-state index in [0.717, 1.165) is 17.8 Å². The summed E-state index contributed by atoms with van der Waals surface area (Å²) in [5.74, 6) is -1.60. The monoisotopic (exact) mass is 858 g/mol. The number of carbonyl (C=O) groups excluding carboxylic acids is 2. The molecule has 3 saturated heterocycles. The maximum Gasteiger partial charge on any atom is 0.311 e. The van der Waals surface area contributed by atoms with E-state index < -0.39 is 98.1 Å². The second kappa shape index (κ2) is 19.4. The number of rotatable bonds is 12. The van der Waals surface area contributed by atoms with Crippen LogP contribution in [0.2, 0.25) is 19.6 Å². The number of esters is 2. The molecule has 2 unspecified atom stereocenters. The smallest absolute Gasteiger partial charge is 0.311 e. The molecule has 0 aromatic carbocycles. The number of carbonyl (C=O) groups is 2. The molecule has 0 aliphatic carbocycles. The predicted molar refractivity (Wildman–Crippen MR) is 225 cm³/mol. The molecule has 59 heavy (non-hydrogen) atoms. The Morgan fingerprint density at radius 1 is 0.881 bits per heavy atom. The van der Waals surface area contributed by atoms with Crippen LogP contribution in [-0.2, 0) is 61.4 Å². The summed E-state index contributed by atoms with van der Waals surface area (Å²) in [5, 5.41) is 0. The Morgan fingerprint density at radius 2 is 1.51 bits per heavy atom. The summed E-state index contributed by atoms with van der Waals surface area (Å²) in [4.78, 5) is 29.1. The van der Waals surface area contributed by atoms with Crippen molar-refractivity contribution in [3.05, 3.63) is 11.3 Å². The minimum atomic E-state index is -2.12. The molecule has 4 aliphatic rings.